The van der Waals surface area contributed by atoms with Gasteiger partial charge in [0.25, 0.3) is 0 Å². The maximum absolute atomic E-state index is 5.10. The summed E-state index contributed by atoms with van der Waals surface area (Å²) in [5.41, 5.74) is 0.990. The van der Waals surface area contributed by atoms with E-state index in [9.17, 15) is 0 Å². The van der Waals surface area contributed by atoms with Crippen LogP contribution in [0.25, 0.3) is 0 Å². The lowest BCUT2D eigenvalue weighted by Crippen LogP contribution is -1.86. The van der Waals surface area contributed by atoms with E-state index in [0.717, 1.165) is 15.0 Å². The molecule has 1 aromatic rings. The third-order valence-electron chi connectivity index (χ3n) is 1.34. The Morgan fingerprint density at radius 3 is 2.30 bits per heavy atom. The lowest BCUT2D eigenvalue weighted by molar-refractivity contribution is 0.367. The van der Waals surface area contributed by atoms with E-state index in [0.29, 0.717) is 5.92 Å². The number of aromatic nitrogens is 1. The van der Waals surface area contributed by atoms with Crippen LogP contribution in [-0.4, -0.2) is 5.16 Å². The van der Waals surface area contributed by atoms with Crippen LogP contribution in [0.5, 0.6) is 0 Å². The highest BCUT2D eigenvalue weighted by Gasteiger charge is 2.12. The van der Waals surface area contributed by atoms with Gasteiger partial charge in [0.1, 0.15) is 0 Å². The summed E-state index contributed by atoms with van der Waals surface area (Å²) < 4.78 is 6.26. The molecule has 1 rings (SSSR count). The maximum atomic E-state index is 5.10. The summed E-state index contributed by atoms with van der Waals surface area (Å²) in [5.74, 6) is 1.44. The number of rotatable bonds is 1. The van der Waals surface area contributed by atoms with E-state index in [2.05, 4.69) is 41.6 Å². The van der Waals surface area contributed by atoms with Gasteiger partial charge in [0.2, 0.25) is 0 Å². The van der Waals surface area contributed by atoms with Crippen molar-refractivity contribution < 1.29 is 4.52 Å². The summed E-state index contributed by atoms with van der Waals surface area (Å²) in [4.78, 5) is 0. The van der Waals surface area contributed by atoms with Crippen LogP contribution in [0.15, 0.2) is 4.52 Å². The van der Waals surface area contributed by atoms with Gasteiger partial charge in [-0.25, -0.2) is 0 Å². The first-order valence-corrected chi connectivity index (χ1v) is 4.32. The van der Waals surface area contributed by atoms with Crippen molar-refractivity contribution in [1.82, 2.24) is 5.16 Å². The molecule has 0 aliphatic rings. The monoisotopic (exact) mass is 251 g/mol. The molecule has 0 aliphatic carbocycles. The number of nitrogens with zero attached hydrogens (tertiary/aromatic N) is 1. The average molecular weight is 251 g/mol. The van der Waals surface area contributed by atoms with Crippen molar-refractivity contribution in [2.45, 2.75) is 26.7 Å². The van der Waals surface area contributed by atoms with Gasteiger partial charge in [0.05, 0.1) is 9.26 Å². The van der Waals surface area contributed by atoms with Crippen molar-refractivity contribution in [2.75, 3.05) is 0 Å². The third-order valence-corrected chi connectivity index (χ3v) is 2.65. The van der Waals surface area contributed by atoms with Gasteiger partial charge < -0.3 is 4.52 Å². The molecule has 0 bridgehead atoms. The van der Waals surface area contributed by atoms with Crippen molar-refractivity contribution in [3.63, 3.8) is 0 Å². The third kappa shape index (κ3) is 1.33. The van der Waals surface area contributed by atoms with E-state index >= 15 is 0 Å². The number of hydrogen-bond acceptors (Lipinski definition) is 2. The van der Waals surface area contributed by atoms with Gasteiger partial charge in [-0.05, 0) is 29.5 Å². The molecule has 0 aromatic carbocycles. The molecule has 0 radical (unpaired) electrons. The molecule has 1 aromatic heterocycles. The smallest absolute Gasteiger partial charge is 0.152 e. The van der Waals surface area contributed by atoms with E-state index in [4.69, 9.17) is 4.52 Å². The van der Waals surface area contributed by atoms with Crippen molar-refractivity contribution in [3.05, 3.63) is 15.0 Å². The molecule has 0 saturated heterocycles. The first kappa shape index (κ1) is 8.04. The number of hydrogen-bond donors (Lipinski definition) is 0. The lowest BCUT2D eigenvalue weighted by atomic mass is 10.1. The largest absolute Gasteiger partial charge is 0.360 e. The standard InChI is InChI=1S/C7H10INO/c1-4(2)7-6(8)5(3)9-10-7/h4H,1-3H3. The average Bonchev–Trinajstić information content (AvgIpc) is 2.14. The van der Waals surface area contributed by atoms with Crippen molar-refractivity contribution in [3.8, 4) is 0 Å². The normalized spacial score (nSPS) is 10.9. The van der Waals surface area contributed by atoms with E-state index in [-0.39, 0.29) is 0 Å². The van der Waals surface area contributed by atoms with Gasteiger partial charge in [-0.1, -0.05) is 19.0 Å². The fourth-order valence-corrected chi connectivity index (χ4v) is 1.55. The predicted octanol–water partition coefficient (Wildman–Crippen LogP) is 2.71. The molecule has 10 heavy (non-hydrogen) atoms. The zero-order valence-corrected chi connectivity index (χ0v) is 8.47. The molecule has 0 unspecified atom stereocenters. The molecule has 0 atom stereocenters. The van der Waals surface area contributed by atoms with Crippen molar-refractivity contribution in [2.24, 2.45) is 0 Å². The van der Waals surface area contributed by atoms with Crippen LogP contribution in [0.2, 0.25) is 0 Å². The van der Waals surface area contributed by atoms with Crippen LogP contribution in [-0.2, 0) is 0 Å². The predicted molar refractivity (Wildman–Crippen MR) is 48.0 cm³/mol. The highest BCUT2D eigenvalue weighted by molar-refractivity contribution is 14.1. The van der Waals surface area contributed by atoms with Crippen LogP contribution in [0, 0.1) is 10.5 Å². The Labute approximate surface area is 74.1 Å². The Balaban J connectivity index is 3.05. The molecule has 2 nitrogen and oxygen atoms in total. The van der Waals surface area contributed by atoms with Gasteiger partial charge in [0.15, 0.2) is 5.76 Å². The van der Waals surface area contributed by atoms with Crippen LogP contribution >= 0.6 is 22.6 Å². The van der Waals surface area contributed by atoms with Crippen LogP contribution in [0.3, 0.4) is 0 Å². The molecule has 0 aliphatic heterocycles. The summed E-state index contributed by atoms with van der Waals surface area (Å²) in [5, 5.41) is 3.85. The quantitative estimate of drug-likeness (QED) is 0.717. The molecule has 56 valence electrons. The first-order chi connectivity index (χ1) is 4.63. The number of halogens is 1. The Morgan fingerprint density at radius 1 is 1.50 bits per heavy atom. The molecule has 0 saturated carbocycles. The van der Waals surface area contributed by atoms with Crippen LogP contribution < -0.4 is 0 Å². The van der Waals surface area contributed by atoms with Crippen LogP contribution in [0.4, 0.5) is 0 Å². The maximum Gasteiger partial charge on any atom is 0.152 e. The summed E-state index contributed by atoms with van der Waals surface area (Å²) in [7, 11) is 0. The van der Waals surface area contributed by atoms with E-state index in [1.807, 2.05) is 6.92 Å². The minimum atomic E-state index is 0.438. The lowest BCUT2D eigenvalue weighted by Gasteiger charge is -1.96. The van der Waals surface area contributed by atoms with Crippen molar-refractivity contribution >= 4 is 22.6 Å². The zero-order chi connectivity index (χ0) is 7.72. The van der Waals surface area contributed by atoms with Crippen LogP contribution in [0.1, 0.15) is 31.2 Å². The Kier molecular flexibility index (Phi) is 2.33. The molecule has 0 N–H and O–H groups in total. The molecular weight excluding hydrogens is 241 g/mol. The fraction of sp³-hybridized carbons (Fsp3) is 0.571. The summed E-state index contributed by atoms with van der Waals surface area (Å²) in [6, 6.07) is 0. The minimum absolute atomic E-state index is 0.438. The zero-order valence-electron chi connectivity index (χ0n) is 6.31. The molecule has 3 heteroatoms. The minimum Gasteiger partial charge on any atom is -0.360 e. The Hall–Kier alpha value is -0.0600. The van der Waals surface area contributed by atoms with Gasteiger partial charge in [-0.2, -0.15) is 0 Å². The Bertz CT molecular complexity index is 230. The second-order valence-corrected chi connectivity index (χ2v) is 3.68. The topological polar surface area (TPSA) is 26.0 Å². The summed E-state index contributed by atoms with van der Waals surface area (Å²) >= 11 is 2.26. The first-order valence-electron chi connectivity index (χ1n) is 3.24. The van der Waals surface area contributed by atoms with Gasteiger partial charge in [-0.3, -0.25) is 0 Å². The van der Waals surface area contributed by atoms with E-state index in [1.165, 1.54) is 0 Å². The summed E-state index contributed by atoms with van der Waals surface area (Å²) in [6.45, 7) is 6.15. The highest BCUT2D eigenvalue weighted by Crippen LogP contribution is 2.23. The van der Waals surface area contributed by atoms with Gasteiger partial charge in [0, 0.05) is 5.92 Å². The molecular formula is C7H10INO. The molecule has 0 amide bonds. The summed E-state index contributed by atoms with van der Waals surface area (Å²) in [6.07, 6.45) is 0. The second-order valence-electron chi connectivity index (χ2n) is 2.60. The molecule has 0 spiro atoms. The fourth-order valence-electron chi connectivity index (χ4n) is 0.735. The van der Waals surface area contributed by atoms with Crippen molar-refractivity contribution in [1.29, 1.82) is 0 Å². The second kappa shape index (κ2) is 2.90. The van der Waals surface area contributed by atoms with E-state index < -0.39 is 0 Å². The van der Waals surface area contributed by atoms with Gasteiger partial charge in [-0.15, -0.1) is 0 Å². The molecule has 1 heterocycles. The highest BCUT2D eigenvalue weighted by atomic mass is 127. The molecule has 0 fully saturated rings. The SMILES string of the molecule is Cc1noc(C(C)C)c1I. The van der Waals surface area contributed by atoms with E-state index in [1.54, 1.807) is 0 Å². The van der Waals surface area contributed by atoms with Gasteiger partial charge >= 0.3 is 0 Å². The Morgan fingerprint density at radius 2 is 2.10 bits per heavy atom. The number of aryl methyl sites for hydroxylation is 1.